The van der Waals surface area contributed by atoms with E-state index in [0.717, 1.165) is 11.3 Å². The lowest BCUT2D eigenvalue weighted by atomic mass is 10.1. The Labute approximate surface area is 76.9 Å². The summed E-state index contributed by atoms with van der Waals surface area (Å²) >= 11 is 0. The summed E-state index contributed by atoms with van der Waals surface area (Å²) in [6.07, 6.45) is 0. The number of fused-ring (bicyclic) bond motifs is 1. The van der Waals surface area contributed by atoms with Crippen molar-refractivity contribution in [3.8, 4) is 5.75 Å². The average Bonchev–Trinajstić information content (AvgIpc) is 2.12. The first-order chi connectivity index (χ1) is 6.20. The summed E-state index contributed by atoms with van der Waals surface area (Å²) in [5, 5.41) is 0. The SMILES string of the molecule is Cc1cccc2c1OCN(C)C2=O. The normalized spacial score (nSPS) is 15.2. The van der Waals surface area contributed by atoms with E-state index in [1.54, 1.807) is 18.0 Å². The second kappa shape index (κ2) is 2.76. The zero-order chi connectivity index (χ0) is 9.42. The fourth-order valence-corrected chi connectivity index (χ4v) is 1.44. The summed E-state index contributed by atoms with van der Waals surface area (Å²) < 4.78 is 5.44. The van der Waals surface area contributed by atoms with E-state index in [0.29, 0.717) is 12.3 Å². The lowest BCUT2D eigenvalue weighted by Crippen LogP contribution is -2.35. The molecule has 0 atom stereocenters. The predicted octanol–water partition coefficient (Wildman–Crippen LogP) is 1.42. The highest BCUT2D eigenvalue weighted by molar-refractivity contribution is 5.97. The predicted molar refractivity (Wildman–Crippen MR) is 48.8 cm³/mol. The van der Waals surface area contributed by atoms with Crippen molar-refractivity contribution < 1.29 is 9.53 Å². The van der Waals surface area contributed by atoms with Crippen LogP contribution in [0.1, 0.15) is 15.9 Å². The fraction of sp³-hybridized carbons (Fsp3) is 0.300. The number of carbonyl (C=O) groups excluding carboxylic acids is 1. The molecule has 0 unspecified atom stereocenters. The molecule has 13 heavy (non-hydrogen) atoms. The van der Waals surface area contributed by atoms with Gasteiger partial charge in [-0.25, -0.2) is 0 Å². The van der Waals surface area contributed by atoms with Crippen molar-refractivity contribution in [3.05, 3.63) is 29.3 Å². The van der Waals surface area contributed by atoms with Crippen molar-refractivity contribution in [2.75, 3.05) is 13.8 Å². The van der Waals surface area contributed by atoms with Gasteiger partial charge in [0.25, 0.3) is 5.91 Å². The van der Waals surface area contributed by atoms with Crippen LogP contribution < -0.4 is 4.74 Å². The summed E-state index contributed by atoms with van der Waals surface area (Å²) in [6.45, 7) is 2.29. The highest BCUT2D eigenvalue weighted by Crippen LogP contribution is 2.27. The number of rotatable bonds is 0. The van der Waals surface area contributed by atoms with Crippen molar-refractivity contribution >= 4 is 5.91 Å². The molecule has 0 bridgehead atoms. The molecule has 1 aromatic carbocycles. The Morgan fingerprint density at radius 1 is 1.46 bits per heavy atom. The van der Waals surface area contributed by atoms with Crippen LogP contribution in [-0.2, 0) is 0 Å². The first-order valence-corrected chi connectivity index (χ1v) is 4.18. The van der Waals surface area contributed by atoms with Gasteiger partial charge in [0.2, 0.25) is 0 Å². The second-order valence-electron chi connectivity index (χ2n) is 3.23. The number of amides is 1. The third kappa shape index (κ3) is 1.16. The highest BCUT2D eigenvalue weighted by atomic mass is 16.5. The van der Waals surface area contributed by atoms with Crippen molar-refractivity contribution in [1.29, 1.82) is 0 Å². The molecule has 0 N–H and O–H groups in total. The quantitative estimate of drug-likeness (QED) is 0.599. The molecule has 68 valence electrons. The Morgan fingerprint density at radius 2 is 2.23 bits per heavy atom. The third-order valence-corrected chi connectivity index (χ3v) is 2.19. The smallest absolute Gasteiger partial charge is 0.259 e. The van der Waals surface area contributed by atoms with Gasteiger partial charge in [0.1, 0.15) is 5.75 Å². The minimum Gasteiger partial charge on any atom is -0.472 e. The molecule has 1 aliphatic heterocycles. The van der Waals surface area contributed by atoms with Crippen molar-refractivity contribution in [2.24, 2.45) is 0 Å². The van der Waals surface area contributed by atoms with Crippen molar-refractivity contribution in [3.63, 3.8) is 0 Å². The van der Waals surface area contributed by atoms with Gasteiger partial charge in [-0.15, -0.1) is 0 Å². The number of aryl methyl sites for hydroxylation is 1. The summed E-state index contributed by atoms with van der Waals surface area (Å²) in [4.78, 5) is 13.2. The molecule has 0 aromatic heterocycles. The minimum absolute atomic E-state index is 0.0324. The van der Waals surface area contributed by atoms with Gasteiger partial charge in [0, 0.05) is 7.05 Å². The van der Waals surface area contributed by atoms with E-state index >= 15 is 0 Å². The molecule has 0 fully saturated rings. The lowest BCUT2D eigenvalue weighted by molar-refractivity contribution is 0.0593. The minimum atomic E-state index is 0.0324. The van der Waals surface area contributed by atoms with Crippen LogP contribution in [0.15, 0.2) is 18.2 Å². The molecule has 0 spiro atoms. The highest BCUT2D eigenvalue weighted by Gasteiger charge is 2.23. The van der Waals surface area contributed by atoms with Gasteiger partial charge in [-0.05, 0) is 18.6 Å². The molecular weight excluding hydrogens is 166 g/mol. The van der Waals surface area contributed by atoms with E-state index in [1.807, 2.05) is 19.1 Å². The maximum Gasteiger partial charge on any atom is 0.259 e. The summed E-state index contributed by atoms with van der Waals surface area (Å²) in [6, 6.07) is 5.60. The Kier molecular flexibility index (Phi) is 1.72. The number of nitrogens with zero attached hydrogens (tertiary/aromatic N) is 1. The molecule has 0 saturated carbocycles. The van der Waals surface area contributed by atoms with E-state index < -0.39 is 0 Å². The van der Waals surface area contributed by atoms with E-state index in [2.05, 4.69) is 0 Å². The largest absolute Gasteiger partial charge is 0.472 e. The van der Waals surface area contributed by atoms with Gasteiger partial charge >= 0.3 is 0 Å². The van der Waals surface area contributed by atoms with Gasteiger partial charge in [0.05, 0.1) is 5.56 Å². The van der Waals surface area contributed by atoms with Crippen molar-refractivity contribution in [1.82, 2.24) is 4.90 Å². The van der Waals surface area contributed by atoms with Gasteiger partial charge in [-0.2, -0.15) is 0 Å². The number of benzene rings is 1. The van der Waals surface area contributed by atoms with Gasteiger partial charge in [-0.1, -0.05) is 12.1 Å². The summed E-state index contributed by atoms with van der Waals surface area (Å²) in [5.74, 6) is 0.760. The Balaban J connectivity index is 2.55. The molecule has 2 rings (SSSR count). The topological polar surface area (TPSA) is 29.5 Å². The Hall–Kier alpha value is -1.51. The molecule has 1 aromatic rings. The number of ether oxygens (including phenoxy) is 1. The van der Waals surface area contributed by atoms with Crippen LogP contribution in [0, 0.1) is 6.92 Å². The number of para-hydroxylation sites is 1. The van der Waals surface area contributed by atoms with Crippen molar-refractivity contribution in [2.45, 2.75) is 6.92 Å². The van der Waals surface area contributed by atoms with E-state index in [4.69, 9.17) is 4.74 Å². The van der Waals surface area contributed by atoms with Crippen LogP contribution in [0.5, 0.6) is 5.75 Å². The molecule has 3 nitrogen and oxygen atoms in total. The maximum atomic E-state index is 11.6. The van der Waals surface area contributed by atoms with Crippen LogP contribution >= 0.6 is 0 Å². The van der Waals surface area contributed by atoms with Gasteiger partial charge in [-0.3, -0.25) is 4.79 Å². The van der Waals surface area contributed by atoms with Gasteiger partial charge < -0.3 is 9.64 Å². The first kappa shape index (κ1) is 8.10. The molecule has 0 saturated heterocycles. The van der Waals surface area contributed by atoms with Crippen LogP contribution in [0.4, 0.5) is 0 Å². The number of hydrogen-bond acceptors (Lipinski definition) is 2. The first-order valence-electron chi connectivity index (χ1n) is 4.18. The lowest BCUT2D eigenvalue weighted by Gasteiger charge is -2.26. The molecule has 1 aliphatic rings. The van der Waals surface area contributed by atoms with Gasteiger partial charge in [0.15, 0.2) is 6.73 Å². The summed E-state index contributed by atoms with van der Waals surface area (Å²) in [7, 11) is 1.73. The van der Waals surface area contributed by atoms with E-state index in [-0.39, 0.29) is 5.91 Å². The Bertz CT molecular complexity index is 360. The standard InChI is InChI=1S/C10H11NO2/c1-7-4-3-5-8-9(7)13-6-11(2)10(8)12/h3-5H,6H2,1-2H3. The molecule has 1 amide bonds. The molecular formula is C10H11NO2. The third-order valence-electron chi connectivity index (χ3n) is 2.19. The fourth-order valence-electron chi connectivity index (χ4n) is 1.44. The van der Waals surface area contributed by atoms with E-state index in [1.165, 1.54) is 0 Å². The van der Waals surface area contributed by atoms with E-state index in [9.17, 15) is 4.79 Å². The molecule has 1 heterocycles. The number of hydrogen-bond donors (Lipinski definition) is 0. The monoisotopic (exact) mass is 177 g/mol. The van der Waals surface area contributed by atoms with Crippen LogP contribution in [0.3, 0.4) is 0 Å². The molecule has 3 heteroatoms. The number of carbonyl (C=O) groups is 1. The van der Waals surface area contributed by atoms with Crippen LogP contribution in [-0.4, -0.2) is 24.6 Å². The van der Waals surface area contributed by atoms with Crippen LogP contribution in [0.25, 0.3) is 0 Å². The second-order valence-corrected chi connectivity index (χ2v) is 3.23. The summed E-state index contributed by atoms with van der Waals surface area (Å²) in [5.41, 5.74) is 1.67. The average molecular weight is 177 g/mol. The molecule has 0 aliphatic carbocycles. The Morgan fingerprint density at radius 3 is 3.00 bits per heavy atom. The maximum absolute atomic E-state index is 11.6. The molecule has 0 radical (unpaired) electrons. The van der Waals surface area contributed by atoms with Crippen LogP contribution in [0.2, 0.25) is 0 Å². The zero-order valence-electron chi connectivity index (χ0n) is 7.70. The zero-order valence-corrected chi connectivity index (χ0v) is 7.70.